The van der Waals surface area contributed by atoms with E-state index in [0.717, 1.165) is 0 Å². The van der Waals surface area contributed by atoms with E-state index in [1.165, 1.54) is 0 Å². The average Bonchev–Trinajstić information content (AvgIpc) is 2.90. The van der Waals surface area contributed by atoms with Gasteiger partial charge in [0.05, 0.1) is 13.2 Å². The van der Waals surface area contributed by atoms with Crippen LogP contribution in [0.15, 0.2) is 11.1 Å². The molecule has 1 aliphatic heterocycles. The maximum atomic E-state index is 9.53. The summed E-state index contributed by atoms with van der Waals surface area (Å²) in [6.07, 6.45) is -2.60. The third-order valence-corrected chi connectivity index (χ3v) is 2.65. The quantitative estimate of drug-likeness (QED) is 0.291. The van der Waals surface area contributed by atoms with Crippen LogP contribution in [0.3, 0.4) is 0 Å². The van der Waals surface area contributed by atoms with Crippen molar-refractivity contribution < 1.29 is 25.2 Å². The molecule has 1 heterocycles. The van der Waals surface area contributed by atoms with Gasteiger partial charge in [0.2, 0.25) is 0 Å². The van der Waals surface area contributed by atoms with Crippen LogP contribution < -0.4 is 0 Å². The van der Waals surface area contributed by atoms with Crippen LogP contribution in [0.25, 0.3) is 0 Å². The maximum absolute atomic E-state index is 9.53. The molecule has 74 valence electrons. The van der Waals surface area contributed by atoms with E-state index in [4.69, 9.17) is 14.9 Å². The van der Waals surface area contributed by atoms with Gasteiger partial charge in [0, 0.05) is 0 Å². The van der Waals surface area contributed by atoms with Crippen LogP contribution in [0.2, 0.25) is 0 Å². The van der Waals surface area contributed by atoms with Gasteiger partial charge in [-0.25, -0.2) is 0 Å². The minimum atomic E-state index is -0.888. The van der Waals surface area contributed by atoms with Gasteiger partial charge in [0.25, 0.3) is 0 Å². The Hall–Kier alpha value is -0.460. The highest BCUT2D eigenvalue weighted by atomic mass is 16.6. The molecular formula is C8H12O5. The molecule has 2 rings (SSSR count). The number of aliphatic hydroxyl groups excluding tert-OH is 4. The van der Waals surface area contributed by atoms with Gasteiger partial charge in [0.15, 0.2) is 0 Å². The van der Waals surface area contributed by atoms with Crippen molar-refractivity contribution in [2.45, 2.75) is 24.4 Å². The van der Waals surface area contributed by atoms with Crippen LogP contribution in [0, 0.1) is 0 Å². The average molecular weight is 188 g/mol. The molecule has 0 aromatic heterocycles. The zero-order valence-electron chi connectivity index (χ0n) is 6.92. The van der Waals surface area contributed by atoms with E-state index in [1.54, 1.807) is 0 Å². The fourth-order valence-electron chi connectivity index (χ4n) is 1.81. The Morgan fingerprint density at radius 2 is 1.31 bits per heavy atom. The molecule has 5 heteroatoms. The van der Waals surface area contributed by atoms with Gasteiger partial charge in [-0.05, 0) is 11.1 Å². The van der Waals surface area contributed by atoms with Gasteiger partial charge >= 0.3 is 0 Å². The molecule has 4 atom stereocenters. The van der Waals surface area contributed by atoms with Crippen molar-refractivity contribution in [3.8, 4) is 0 Å². The van der Waals surface area contributed by atoms with Gasteiger partial charge in [0.1, 0.15) is 24.4 Å². The molecule has 0 saturated carbocycles. The van der Waals surface area contributed by atoms with Gasteiger partial charge in [-0.1, -0.05) is 0 Å². The van der Waals surface area contributed by atoms with E-state index in [2.05, 4.69) is 0 Å². The Morgan fingerprint density at radius 3 is 1.62 bits per heavy atom. The summed E-state index contributed by atoms with van der Waals surface area (Å²) in [5, 5.41) is 36.9. The summed E-state index contributed by atoms with van der Waals surface area (Å²) in [5.74, 6) is 0. The molecule has 1 saturated heterocycles. The summed E-state index contributed by atoms with van der Waals surface area (Å²) in [7, 11) is 0. The van der Waals surface area contributed by atoms with Crippen LogP contribution in [0.1, 0.15) is 0 Å². The van der Waals surface area contributed by atoms with Crippen LogP contribution in [-0.2, 0) is 4.74 Å². The largest absolute Gasteiger partial charge is 0.392 e. The second kappa shape index (κ2) is 3.04. The molecular weight excluding hydrogens is 176 g/mol. The minimum absolute atomic E-state index is 0.286. The Labute approximate surface area is 74.9 Å². The molecule has 2 aliphatic rings. The maximum Gasteiger partial charge on any atom is 0.117 e. The van der Waals surface area contributed by atoms with Crippen LogP contribution in [0.5, 0.6) is 0 Å². The van der Waals surface area contributed by atoms with Gasteiger partial charge in [-0.15, -0.1) is 0 Å². The first-order chi connectivity index (χ1) is 6.20. The molecule has 4 N–H and O–H groups in total. The summed E-state index contributed by atoms with van der Waals surface area (Å²) in [6, 6.07) is 0. The molecule has 0 aromatic rings. The Bertz CT molecular complexity index is 225. The smallest absolute Gasteiger partial charge is 0.117 e. The van der Waals surface area contributed by atoms with Crippen molar-refractivity contribution >= 4 is 0 Å². The summed E-state index contributed by atoms with van der Waals surface area (Å²) in [4.78, 5) is 0. The summed E-state index contributed by atoms with van der Waals surface area (Å²) < 4.78 is 5.00. The number of hydrogen-bond donors (Lipinski definition) is 4. The third-order valence-electron chi connectivity index (χ3n) is 2.65. The second-order valence-corrected chi connectivity index (χ2v) is 3.32. The van der Waals surface area contributed by atoms with Crippen LogP contribution in [-0.4, -0.2) is 58.1 Å². The topological polar surface area (TPSA) is 93.5 Å². The van der Waals surface area contributed by atoms with Crippen molar-refractivity contribution in [1.82, 2.24) is 0 Å². The molecule has 1 aliphatic carbocycles. The lowest BCUT2D eigenvalue weighted by atomic mass is 9.88. The van der Waals surface area contributed by atoms with E-state index < -0.39 is 24.4 Å². The minimum Gasteiger partial charge on any atom is -0.392 e. The number of rotatable bonds is 2. The number of epoxide rings is 1. The normalized spacial score (nSPS) is 43.4. The Morgan fingerprint density at radius 1 is 0.923 bits per heavy atom. The molecule has 13 heavy (non-hydrogen) atoms. The molecule has 0 radical (unpaired) electrons. The highest BCUT2D eigenvalue weighted by Gasteiger charge is 2.55. The molecule has 0 unspecified atom stereocenters. The molecule has 1 fully saturated rings. The lowest BCUT2D eigenvalue weighted by molar-refractivity contribution is 0.128. The Kier molecular flexibility index (Phi) is 2.13. The molecule has 0 amide bonds. The van der Waals surface area contributed by atoms with Gasteiger partial charge < -0.3 is 25.2 Å². The fraction of sp³-hybridized carbons (Fsp3) is 0.750. The number of aliphatic hydroxyl groups is 4. The highest BCUT2D eigenvalue weighted by molar-refractivity contribution is 5.33. The molecule has 5 nitrogen and oxygen atoms in total. The molecule has 0 spiro atoms. The monoisotopic (exact) mass is 188 g/mol. The molecule has 0 aromatic carbocycles. The number of hydrogen-bond acceptors (Lipinski definition) is 5. The van der Waals surface area contributed by atoms with Gasteiger partial charge in [-0.2, -0.15) is 0 Å². The van der Waals surface area contributed by atoms with Crippen LogP contribution in [0.4, 0.5) is 0 Å². The van der Waals surface area contributed by atoms with Crippen molar-refractivity contribution in [3.05, 3.63) is 11.1 Å². The fourth-order valence-corrected chi connectivity index (χ4v) is 1.81. The first-order valence-corrected chi connectivity index (χ1v) is 4.15. The van der Waals surface area contributed by atoms with E-state index in [0.29, 0.717) is 0 Å². The summed E-state index contributed by atoms with van der Waals surface area (Å²) in [6.45, 7) is -0.721. The SMILES string of the molecule is OCC1=C(CO)[C@H](O)[C@H]2O[C@H]2[C@@H]1O. The second-order valence-electron chi connectivity index (χ2n) is 3.32. The predicted octanol–water partition coefficient (Wildman–Crippen LogP) is -2.23. The van der Waals surface area contributed by atoms with Crippen molar-refractivity contribution in [2.75, 3.05) is 13.2 Å². The number of fused-ring (bicyclic) bond motifs is 1. The molecule has 0 bridgehead atoms. The first kappa shape index (κ1) is 9.11. The standard InChI is InChI=1S/C8H12O5/c9-1-3-4(2-10)6(12)8-7(13-8)5(3)11/h5-12H,1-2H2/t5-,6+,7+,8-. The third kappa shape index (κ3) is 1.20. The summed E-state index contributed by atoms with van der Waals surface area (Å²) in [5.41, 5.74) is 0.572. The lowest BCUT2D eigenvalue weighted by Crippen LogP contribution is -2.37. The predicted molar refractivity (Wildman–Crippen MR) is 41.9 cm³/mol. The first-order valence-electron chi connectivity index (χ1n) is 4.15. The van der Waals surface area contributed by atoms with E-state index in [1.807, 2.05) is 0 Å². The zero-order chi connectivity index (χ0) is 9.59. The van der Waals surface area contributed by atoms with E-state index in [9.17, 15) is 10.2 Å². The van der Waals surface area contributed by atoms with Crippen molar-refractivity contribution in [3.63, 3.8) is 0 Å². The summed E-state index contributed by atoms with van der Waals surface area (Å²) >= 11 is 0. The van der Waals surface area contributed by atoms with Gasteiger partial charge in [-0.3, -0.25) is 0 Å². The van der Waals surface area contributed by atoms with Crippen LogP contribution >= 0.6 is 0 Å². The lowest BCUT2D eigenvalue weighted by Gasteiger charge is -2.23. The highest BCUT2D eigenvalue weighted by Crippen LogP contribution is 2.39. The van der Waals surface area contributed by atoms with Crippen molar-refractivity contribution in [1.29, 1.82) is 0 Å². The van der Waals surface area contributed by atoms with E-state index >= 15 is 0 Å². The Balaban J connectivity index is 2.31. The number of ether oxygens (including phenoxy) is 1. The zero-order valence-corrected chi connectivity index (χ0v) is 6.92. The van der Waals surface area contributed by atoms with E-state index in [-0.39, 0.29) is 24.4 Å². The van der Waals surface area contributed by atoms with Crippen molar-refractivity contribution in [2.24, 2.45) is 0 Å².